The topological polar surface area (TPSA) is 102 Å². The fourth-order valence-electron chi connectivity index (χ4n) is 5.18. The summed E-state index contributed by atoms with van der Waals surface area (Å²) in [7, 11) is 5.36. The number of aliphatic carboxylic acids is 1. The van der Waals surface area contributed by atoms with E-state index >= 15 is 0 Å². The van der Waals surface area contributed by atoms with Crippen LogP contribution in [0.1, 0.15) is 136 Å². The second kappa shape index (κ2) is 33.2. The minimum atomic E-state index is -1.14. The van der Waals surface area contributed by atoms with Crippen molar-refractivity contribution in [2.45, 2.75) is 148 Å². The van der Waals surface area contributed by atoms with Crippen molar-refractivity contribution in [3.05, 3.63) is 60.8 Å². The zero-order valence-corrected chi connectivity index (χ0v) is 32.3. The van der Waals surface area contributed by atoms with Gasteiger partial charge in [-0.15, -0.1) is 0 Å². The van der Waals surface area contributed by atoms with Crippen LogP contribution in [-0.4, -0.2) is 75.5 Å². The number of ether oxygens (including phenoxy) is 3. The Balaban J connectivity index is 4.56. The van der Waals surface area contributed by atoms with Gasteiger partial charge in [0, 0.05) is 19.3 Å². The fourth-order valence-corrected chi connectivity index (χ4v) is 5.18. The first-order valence-electron chi connectivity index (χ1n) is 19.3. The third-order valence-corrected chi connectivity index (χ3v) is 8.18. The molecule has 0 bridgehead atoms. The number of carbonyl (C=O) groups excluding carboxylic acids is 3. The fraction of sp³-hybridized carbons (Fsp3) is 0.690. The average Bonchev–Trinajstić information content (AvgIpc) is 3.06. The van der Waals surface area contributed by atoms with Crippen LogP contribution in [0.2, 0.25) is 0 Å². The Morgan fingerprint density at radius 3 is 1.62 bits per heavy atom. The molecule has 0 aliphatic rings. The minimum Gasteiger partial charge on any atom is -0.544 e. The van der Waals surface area contributed by atoms with E-state index in [1.165, 1.54) is 44.9 Å². The first kappa shape index (κ1) is 47.0. The maximum atomic E-state index is 12.6. The number of allylic oxidation sites excluding steroid dienone is 10. The highest BCUT2D eigenvalue weighted by Crippen LogP contribution is 2.12. The molecule has 0 aliphatic heterocycles. The molecular weight excluding hydrogens is 630 g/mol. The van der Waals surface area contributed by atoms with Gasteiger partial charge in [0.2, 0.25) is 0 Å². The van der Waals surface area contributed by atoms with Crippen LogP contribution in [-0.2, 0) is 28.6 Å². The van der Waals surface area contributed by atoms with Crippen molar-refractivity contribution >= 4 is 17.9 Å². The van der Waals surface area contributed by atoms with Crippen molar-refractivity contribution in [1.82, 2.24) is 0 Å². The first-order valence-corrected chi connectivity index (χ1v) is 19.3. The minimum absolute atomic E-state index is 0.00978. The second-order valence-electron chi connectivity index (χ2n) is 13.8. The zero-order chi connectivity index (χ0) is 37.1. The van der Waals surface area contributed by atoms with Crippen molar-refractivity contribution in [2.24, 2.45) is 0 Å². The zero-order valence-electron chi connectivity index (χ0n) is 32.3. The van der Waals surface area contributed by atoms with Crippen molar-refractivity contribution in [1.29, 1.82) is 0 Å². The molecule has 0 heterocycles. The lowest BCUT2D eigenvalue weighted by Gasteiger charge is -2.34. The Hall–Kier alpha value is -2.97. The largest absolute Gasteiger partial charge is 0.544 e. The number of unbranched alkanes of at least 4 members (excludes halogenated alkanes) is 9. The molecule has 2 atom stereocenters. The van der Waals surface area contributed by atoms with E-state index in [0.717, 1.165) is 51.4 Å². The molecule has 0 saturated heterocycles. The van der Waals surface area contributed by atoms with E-state index in [2.05, 4.69) is 62.5 Å². The third kappa shape index (κ3) is 31.0. The number of carboxylic acid groups (broad SMARTS) is 1. The molecule has 0 aliphatic carbocycles. The predicted octanol–water partition coefficient (Wildman–Crippen LogP) is 8.52. The normalized spacial score (nSPS) is 13.7. The second-order valence-corrected chi connectivity index (χ2v) is 13.8. The number of hydrogen-bond donors (Lipinski definition) is 0. The summed E-state index contributed by atoms with van der Waals surface area (Å²) in [6, 6.07) is -0.738. The molecule has 8 heteroatoms. The summed E-state index contributed by atoms with van der Waals surface area (Å²) < 4.78 is 17.0. The highest BCUT2D eigenvalue weighted by atomic mass is 16.6. The van der Waals surface area contributed by atoms with Crippen molar-refractivity contribution in [2.75, 3.05) is 41.0 Å². The Morgan fingerprint density at radius 2 is 1.12 bits per heavy atom. The molecule has 8 nitrogen and oxygen atoms in total. The van der Waals surface area contributed by atoms with Gasteiger partial charge in [-0.05, 0) is 44.9 Å². The van der Waals surface area contributed by atoms with Crippen LogP contribution in [0.25, 0.3) is 0 Å². The highest BCUT2D eigenvalue weighted by molar-refractivity contribution is 5.70. The van der Waals surface area contributed by atoms with Crippen molar-refractivity contribution < 1.29 is 38.2 Å². The van der Waals surface area contributed by atoms with Gasteiger partial charge >= 0.3 is 11.9 Å². The van der Waals surface area contributed by atoms with E-state index in [1.807, 2.05) is 12.2 Å². The van der Waals surface area contributed by atoms with E-state index in [4.69, 9.17) is 14.2 Å². The van der Waals surface area contributed by atoms with E-state index in [0.29, 0.717) is 12.8 Å². The van der Waals surface area contributed by atoms with Gasteiger partial charge in [0.05, 0.1) is 40.3 Å². The van der Waals surface area contributed by atoms with Gasteiger partial charge in [-0.2, -0.15) is 0 Å². The van der Waals surface area contributed by atoms with Gasteiger partial charge in [-0.25, -0.2) is 0 Å². The summed E-state index contributed by atoms with van der Waals surface area (Å²) in [6.45, 7) is 4.43. The van der Waals surface area contributed by atoms with Gasteiger partial charge in [-0.1, -0.05) is 132 Å². The maximum absolute atomic E-state index is 12.6. The number of carbonyl (C=O) groups is 3. The summed E-state index contributed by atoms with van der Waals surface area (Å²) in [5.41, 5.74) is 0. The number of likely N-dealkylation sites (N-methyl/N-ethyl adjacent to an activating group) is 1. The molecule has 0 saturated carbocycles. The standard InChI is InChI=1S/C42H71NO7/c1-6-8-10-12-14-16-18-19-20-21-22-23-25-27-29-31-33-41(45)50-38(36-48-35-34-39(42(46)47)43(3,4)5)37-49-40(44)32-30-28-26-24-17-15-13-11-9-7-2/h8,10,14,16,19-20,22-23,27,29,38-39H,6-7,9,11-13,15,17-18,21,24-26,28,30-37H2,1-5H3/b10-8+,16-14+,20-19+,23-22+,29-27+. The van der Waals surface area contributed by atoms with Crippen molar-refractivity contribution in [3.8, 4) is 0 Å². The number of carboxylic acids is 1. The molecule has 50 heavy (non-hydrogen) atoms. The van der Waals surface area contributed by atoms with Crippen LogP contribution < -0.4 is 5.11 Å². The van der Waals surface area contributed by atoms with Gasteiger partial charge in [0.25, 0.3) is 0 Å². The number of hydrogen-bond acceptors (Lipinski definition) is 7. The molecular formula is C42H71NO7. The predicted molar refractivity (Wildman–Crippen MR) is 203 cm³/mol. The molecule has 286 valence electrons. The van der Waals surface area contributed by atoms with Crippen LogP contribution in [0, 0.1) is 0 Å². The number of quaternary nitrogens is 1. The van der Waals surface area contributed by atoms with Crippen LogP contribution in [0.15, 0.2) is 60.8 Å². The Morgan fingerprint density at radius 1 is 0.620 bits per heavy atom. The van der Waals surface area contributed by atoms with E-state index < -0.39 is 24.1 Å². The van der Waals surface area contributed by atoms with E-state index in [1.54, 1.807) is 21.1 Å². The summed E-state index contributed by atoms with van der Waals surface area (Å²) >= 11 is 0. The SMILES string of the molecule is CC/C=C/C/C=C/C/C=C/C/C=C/C/C=C/CCC(=O)OC(COCCC(C(=O)[O-])[N+](C)(C)C)COC(=O)CCCCCCCCCCCC. The smallest absolute Gasteiger partial charge is 0.306 e. The van der Waals surface area contributed by atoms with Crippen LogP contribution in [0.3, 0.4) is 0 Å². The molecule has 2 unspecified atom stereocenters. The van der Waals surface area contributed by atoms with Crippen LogP contribution >= 0.6 is 0 Å². The molecule has 0 spiro atoms. The molecule has 0 fully saturated rings. The molecule has 0 aromatic heterocycles. The number of rotatable bonds is 33. The van der Waals surface area contributed by atoms with Crippen molar-refractivity contribution in [3.63, 3.8) is 0 Å². The Labute approximate surface area is 305 Å². The van der Waals surface area contributed by atoms with Crippen LogP contribution in [0.5, 0.6) is 0 Å². The molecule has 0 amide bonds. The van der Waals surface area contributed by atoms with Gasteiger partial charge in [0.1, 0.15) is 12.6 Å². The third-order valence-electron chi connectivity index (χ3n) is 8.18. The average molecular weight is 702 g/mol. The first-order chi connectivity index (χ1) is 24.1. The summed E-state index contributed by atoms with van der Waals surface area (Å²) in [6.07, 6.45) is 38.3. The quantitative estimate of drug-likeness (QED) is 0.0293. The maximum Gasteiger partial charge on any atom is 0.306 e. The van der Waals surface area contributed by atoms with Gasteiger partial charge < -0.3 is 28.6 Å². The van der Waals surface area contributed by atoms with E-state index in [9.17, 15) is 19.5 Å². The van der Waals surface area contributed by atoms with Gasteiger partial charge in [-0.3, -0.25) is 9.59 Å². The summed E-state index contributed by atoms with van der Waals surface area (Å²) in [4.78, 5) is 36.6. The molecule has 0 aromatic carbocycles. The van der Waals surface area contributed by atoms with Gasteiger partial charge in [0.15, 0.2) is 6.10 Å². The lowest BCUT2D eigenvalue weighted by molar-refractivity contribution is -0.889. The lowest BCUT2D eigenvalue weighted by Crippen LogP contribution is -2.55. The molecule has 0 rings (SSSR count). The summed E-state index contributed by atoms with van der Waals surface area (Å²) in [5, 5.41) is 11.6. The molecule has 0 aromatic rings. The Bertz CT molecular complexity index is 1010. The Kier molecular flexibility index (Phi) is 31.2. The van der Waals surface area contributed by atoms with Crippen LogP contribution in [0.4, 0.5) is 0 Å². The number of nitrogens with zero attached hydrogens (tertiary/aromatic N) is 1. The lowest BCUT2D eigenvalue weighted by atomic mass is 10.1. The summed E-state index contributed by atoms with van der Waals surface area (Å²) in [5.74, 6) is -1.85. The monoisotopic (exact) mass is 702 g/mol. The highest BCUT2D eigenvalue weighted by Gasteiger charge is 2.25. The number of esters is 2. The molecule has 0 radical (unpaired) electrons. The van der Waals surface area contributed by atoms with E-state index in [-0.39, 0.29) is 43.1 Å². The molecule has 0 N–H and O–H groups in total.